The van der Waals surface area contributed by atoms with Gasteiger partial charge in [0.25, 0.3) is 5.91 Å². The Balaban J connectivity index is 2.91. The summed E-state index contributed by atoms with van der Waals surface area (Å²) < 4.78 is 29.7. The van der Waals surface area contributed by atoms with Gasteiger partial charge in [-0.05, 0) is 19.1 Å². The van der Waals surface area contributed by atoms with E-state index in [0.717, 1.165) is 6.26 Å². The Labute approximate surface area is 113 Å². The number of sulfonamides is 1. The van der Waals surface area contributed by atoms with Gasteiger partial charge in [0, 0.05) is 13.2 Å². The molecule has 0 spiro atoms. The van der Waals surface area contributed by atoms with E-state index in [1.807, 2.05) is 0 Å². The van der Waals surface area contributed by atoms with Gasteiger partial charge in [0.15, 0.2) is 0 Å². The minimum Gasteiger partial charge on any atom is -0.383 e. The van der Waals surface area contributed by atoms with Gasteiger partial charge in [-0.2, -0.15) is 0 Å². The molecule has 1 atom stereocenters. The number of para-hydroxylation sites is 1. The first-order valence-corrected chi connectivity index (χ1v) is 7.59. The van der Waals surface area contributed by atoms with Crippen molar-refractivity contribution in [1.82, 2.24) is 5.32 Å². The van der Waals surface area contributed by atoms with Gasteiger partial charge in [0.05, 0.1) is 24.1 Å². The van der Waals surface area contributed by atoms with E-state index in [1.54, 1.807) is 32.2 Å². The number of ether oxygens (including phenoxy) is 1. The molecule has 0 aromatic heterocycles. The first-order chi connectivity index (χ1) is 8.83. The second-order valence-electron chi connectivity index (χ2n) is 4.25. The number of carbonyl (C=O) groups excluding carboxylic acids is 1. The highest BCUT2D eigenvalue weighted by molar-refractivity contribution is 7.92. The van der Waals surface area contributed by atoms with Gasteiger partial charge in [-0.1, -0.05) is 12.1 Å². The Morgan fingerprint density at radius 2 is 2.00 bits per heavy atom. The molecule has 0 unspecified atom stereocenters. The van der Waals surface area contributed by atoms with Crippen LogP contribution in [0.2, 0.25) is 0 Å². The van der Waals surface area contributed by atoms with Crippen LogP contribution in [0.1, 0.15) is 17.3 Å². The van der Waals surface area contributed by atoms with Crippen molar-refractivity contribution in [3.8, 4) is 0 Å². The molecule has 2 N–H and O–H groups in total. The Morgan fingerprint density at radius 1 is 1.37 bits per heavy atom. The summed E-state index contributed by atoms with van der Waals surface area (Å²) in [5, 5.41) is 2.72. The van der Waals surface area contributed by atoms with Crippen molar-refractivity contribution in [1.29, 1.82) is 0 Å². The van der Waals surface area contributed by atoms with Crippen LogP contribution < -0.4 is 10.0 Å². The smallest absolute Gasteiger partial charge is 0.253 e. The normalized spacial score (nSPS) is 12.8. The molecule has 0 radical (unpaired) electrons. The lowest BCUT2D eigenvalue weighted by Gasteiger charge is -2.15. The van der Waals surface area contributed by atoms with E-state index in [0.29, 0.717) is 6.61 Å². The standard InChI is InChI=1S/C12H18N2O4S/c1-9(8-18-2)13-12(15)10-6-4-5-7-11(10)14-19(3,16)17/h4-7,9,14H,8H2,1-3H3,(H,13,15)/t9-/m1/s1. The highest BCUT2D eigenvalue weighted by atomic mass is 32.2. The molecule has 1 rings (SSSR count). The number of amides is 1. The molecule has 0 aliphatic rings. The predicted molar refractivity (Wildman–Crippen MR) is 73.7 cm³/mol. The summed E-state index contributed by atoms with van der Waals surface area (Å²) in [4.78, 5) is 12.0. The Bertz CT molecular complexity index is 542. The number of hydrogen-bond donors (Lipinski definition) is 2. The van der Waals surface area contributed by atoms with E-state index in [4.69, 9.17) is 4.74 Å². The number of rotatable bonds is 6. The number of methoxy groups -OCH3 is 1. The van der Waals surface area contributed by atoms with Crippen LogP contribution in [0.3, 0.4) is 0 Å². The van der Waals surface area contributed by atoms with Crippen molar-refractivity contribution in [3.05, 3.63) is 29.8 Å². The molecule has 0 saturated carbocycles. The average molecular weight is 286 g/mol. The van der Waals surface area contributed by atoms with Crippen LogP contribution in [0.5, 0.6) is 0 Å². The van der Waals surface area contributed by atoms with Gasteiger partial charge in [0.2, 0.25) is 10.0 Å². The summed E-state index contributed by atoms with van der Waals surface area (Å²) in [6, 6.07) is 6.26. The minimum atomic E-state index is -3.43. The topological polar surface area (TPSA) is 84.5 Å². The van der Waals surface area contributed by atoms with E-state index >= 15 is 0 Å². The molecular weight excluding hydrogens is 268 g/mol. The maximum atomic E-state index is 12.0. The molecular formula is C12H18N2O4S. The Morgan fingerprint density at radius 3 is 2.58 bits per heavy atom. The van der Waals surface area contributed by atoms with E-state index in [9.17, 15) is 13.2 Å². The maximum Gasteiger partial charge on any atom is 0.253 e. The lowest BCUT2D eigenvalue weighted by Crippen LogP contribution is -2.36. The van der Waals surface area contributed by atoms with E-state index < -0.39 is 10.0 Å². The van der Waals surface area contributed by atoms with Crippen LogP contribution in [0.25, 0.3) is 0 Å². The second-order valence-corrected chi connectivity index (χ2v) is 6.00. The summed E-state index contributed by atoms with van der Waals surface area (Å²) in [5.74, 6) is -0.351. The maximum absolute atomic E-state index is 12.0. The van der Waals surface area contributed by atoms with Gasteiger partial charge in [0.1, 0.15) is 0 Å². The fourth-order valence-corrected chi connectivity index (χ4v) is 2.14. The highest BCUT2D eigenvalue weighted by Crippen LogP contribution is 2.16. The first kappa shape index (κ1) is 15.5. The molecule has 1 aromatic carbocycles. The number of nitrogens with one attached hydrogen (secondary N) is 2. The zero-order valence-electron chi connectivity index (χ0n) is 11.1. The number of anilines is 1. The molecule has 1 aromatic rings. The molecule has 106 valence electrons. The Hall–Kier alpha value is -1.60. The van der Waals surface area contributed by atoms with Crippen molar-refractivity contribution < 1.29 is 17.9 Å². The number of benzene rings is 1. The lowest BCUT2D eigenvalue weighted by molar-refractivity contribution is 0.0906. The van der Waals surface area contributed by atoms with Crippen LogP contribution in [-0.2, 0) is 14.8 Å². The molecule has 6 nitrogen and oxygen atoms in total. The second kappa shape index (κ2) is 6.53. The highest BCUT2D eigenvalue weighted by Gasteiger charge is 2.15. The number of carbonyl (C=O) groups is 1. The SMILES string of the molecule is COC[C@@H](C)NC(=O)c1ccccc1NS(C)(=O)=O. The first-order valence-electron chi connectivity index (χ1n) is 5.70. The van der Waals surface area contributed by atoms with Crippen molar-refractivity contribution in [2.45, 2.75) is 13.0 Å². The molecule has 0 aliphatic heterocycles. The molecule has 0 fully saturated rings. The molecule has 0 aliphatic carbocycles. The van der Waals surface area contributed by atoms with Gasteiger partial charge in [-0.15, -0.1) is 0 Å². The zero-order valence-corrected chi connectivity index (χ0v) is 12.0. The summed E-state index contributed by atoms with van der Waals surface area (Å²) in [6.45, 7) is 2.18. The minimum absolute atomic E-state index is 0.163. The van der Waals surface area contributed by atoms with E-state index in [2.05, 4.69) is 10.0 Å². The summed E-state index contributed by atoms with van der Waals surface area (Å²) >= 11 is 0. The van der Waals surface area contributed by atoms with Crippen LogP contribution in [0.15, 0.2) is 24.3 Å². The summed E-state index contributed by atoms with van der Waals surface area (Å²) in [6.07, 6.45) is 1.04. The molecule has 0 bridgehead atoms. The Kier molecular flexibility index (Phi) is 5.31. The van der Waals surface area contributed by atoms with Crippen molar-refractivity contribution in [2.24, 2.45) is 0 Å². The van der Waals surface area contributed by atoms with E-state index in [-0.39, 0.29) is 23.2 Å². The molecule has 0 saturated heterocycles. The average Bonchev–Trinajstić information content (AvgIpc) is 2.27. The van der Waals surface area contributed by atoms with Crippen LogP contribution >= 0.6 is 0 Å². The van der Waals surface area contributed by atoms with Gasteiger partial charge in [-0.25, -0.2) is 8.42 Å². The third-order valence-corrected chi connectivity index (χ3v) is 2.85. The number of hydrogen-bond acceptors (Lipinski definition) is 4. The van der Waals surface area contributed by atoms with E-state index in [1.165, 1.54) is 6.07 Å². The summed E-state index contributed by atoms with van der Waals surface area (Å²) in [5.41, 5.74) is 0.531. The van der Waals surface area contributed by atoms with Crippen LogP contribution in [0.4, 0.5) is 5.69 Å². The fraction of sp³-hybridized carbons (Fsp3) is 0.417. The lowest BCUT2D eigenvalue weighted by atomic mass is 10.1. The summed E-state index contributed by atoms with van der Waals surface area (Å²) in [7, 11) is -1.88. The van der Waals surface area contributed by atoms with Crippen LogP contribution in [-0.4, -0.2) is 40.3 Å². The molecule has 19 heavy (non-hydrogen) atoms. The predicted octanol–water partition coefficient (Wildman–Crippen LogP) is 0.823. The fourth-order valence-electron chi connectivity index (χ4n) is 1.56. The molecule has 1 amide bonds. The van der Waals surface area contributed by atoms with Crippen molar-refractivity contribution in [2.75, 3.05) is 24.7 Å². The third-order valence-electron chi connectivity index (χ3n) is 2.26. The van der Waals surface area contributed by atoms with Crippen molar-refractivity contribution in [3.63, 3.8) is 0 Å². The quantitative estimate of drug-likeness (QED) is 0.811. The van der Waals surface area contributed by atoms with Crippen molar-refractivity contribution >= 4 is 21.6 Å². The van der Waals surface area contributed by atoms with Gasteiger partial charge < -0.3 is 10.1 Å². The van der Waals surface area contributed by atoms with Gasteiger partial charge >= 0.3 is 0 Å². The zero-order chi connectivity index (χ0) is 14.5. The largest absolute Gasteiger partial charge is 0.383 e. The van der Waals surface area contributed by atoms with Crippen LogP contribution in [0, 0.1) is 0 Å². The molecule has 0 heterocycles. The van der Waals surface area contributed by atoms with Gasteiger partial charge in [-0.3, -0.25) is 9.52 Å². The monoisotopic (exact) mass is 286 g/mol. The third kappa shape index (κ3) is 5.27. The molecule has 7 heteroatoms.